The fraction of sp³-hybridized carbons (Fsp3) is 0.318. The average molecular weight is 376 g/mol. The number of hydrogen-bond acceptors (Lipinski definition) is 4. The Bertz CT molecular complexity index is 1020. The van der Waals surface area contributed by atoms with E-state index in [-0.39, 0.29) is 18.0 Å². The van der Waals surface area contributed by atoms with Crippen molar-refractivity contribution in [1.29, 1.82) is 0 Å². The van der Waals surface area contributed by atoms with Crippen LogP contribution in [0, 0.1) is 0 Å². The zero-order chi connectivity index (χ0) is 19.3. The van der Waals surface area contributed by atoms with Gasteiger partial charge in [-0.1, -0.05) is 42.5 Å². The van der Waals surface area contributed by atoms with Gasteiger partial charge in [-0.2, -0.15) is 5.10 Å². The molecule has 0 unspecified atom stereocenters. The van der Waals surface area contributed by atoms with E-state index < -0.39 is 0 Å². The molecule has 0 spiro atoms. The Morgan fingerprint density at radius 1 is 1.00 bits per heavy atom. The lowest BCUT2D eigenvalue weighted by Gasteiger charge is -2.14. The lowest BCUT2D eigenvalue weighted by Crippen LogP contribution is -2.33. The number of carbonyl (C=O) groups is 1. The maximum Gasteiger partial charge on any atom is 0.275 e. The summed E-state index contributed by atoms with van der Waals surface area (Å²) in [6, 6.07) is 15.6. The Hall–Kier alpha value is -2.99. The van der Waals surface area contributed by atoms with Crippen molar-refractivity contribution >= 4 is 16.7 Å². The molecule has 0 radical (unpaired) electrons. The summed E-state index contributed by atoms with van der Waals surface area (Å²) in [5.41, 5.74) is 2.08. The minimum atomic E-state index is -0.250. The van der Waals surface area contributed by atoms with E-state index in [1.807, 2.05) is 30.3 Å². The predicted molar refractivity (Wildman–Crippen MR) is 109 cm³/mol. The highest BCUT2D eigenvalue weighted by atomic mass is 16.2. The average Bonchev–Trinajstić information content (AvgIpc) is 3.23. The van der Waals surface area contributed by atoms with Gasteiger partial charge in [-0.15, -0.1) is 0 Å². The molecule has 1 aliphatic rings. The third-order valence-electron chi connectivity index (χ3n) is 5.17. The second-order valence-corrected chi connectivity index (χ2v) is 7.27. The molecular formula is C22H24N4O2. The molecule has 1 aliphatic heterocycles. The third kappa shape index (κ3) is 4.28. The molecule has 0 saturated carbocycles. The smallest absolute Gasteiger partial charge is 0.275 e. The molecule has 6 heteroatoms. The van der Waals surface area contributed by atoms with Crippen LogP contribution in [-0.2, 0) is 24.4 Å². The molecule has 1 aromatic heterocycles. The van der Waals surface area contributed by atoms with Gasteiger partial charge >= 0.3 is 0 Å². The van der Waals surface area contributed by atoms with Crippen LogP contribution in [0.1, 0.15) is 24.0 Å². The normalized spacial score (nSPS) is 14.4. The van der Waals surface area contributed by atoms with E-state index in [1.54, 1.807) is 12.3 Å². The number of hydrogen-bond donors (Lipinski definition) is 1. The summed E-state index contributed by atoms with van der Waals surface area (Å²) >= 11 is 0. The SMILES string of the molecule is O=C(Cn1ncc2ccccc2c1=O)NCc1ccc(CN2CCCC2)cc1. The molecule has 1 N–H and O–H groups in total. The first-order chi connectivity index (χ1) is 13.7. The first-order valence-corrected chi connectivity index (χ1v) is 9.71. The van der Waals surface area contributed by atoms with Crippen LogP contribution in [-0.4, -0.2) is 33.7 Å². The van der Waals surface area contributed by atoms with Gasteiger partial charge in [0.25, 0.3) is 5.56 Å². The van der Waals surface area contributed by atoms with Gasteiger partial charge in [0.05, 0.1) is 11.6 Å². The minimum absolute atomic E-state index is 0.0866. The summed E-state index contributed by atoms with van der Waals surface area (Å²) in [5, 5.41) is 8.31. The first kappa shape index (κ1) is 18.4. The van der Waals surface area contributed by atoms with Gasteiger partial charge in [0, 0.05) is 18.5 Å². The van der Waals surface area contributed by atoms with E-state index in [9.17, 15) is 9.59 Å². The monoisotopic (exact) mass is 376 g/mol. The van der Waals surface area contributed by atoms with Gasteiger partial charge in [-0.25, -0.2) is 4.68 Å². The van der Waals surface area contributed by atoms with Crippen LogP contribution >= 0.6 is 0 Å². The largest absolute Gasteiger partial charge is 0.350 e. The maximum atomic E-state index is 12.4. The van der Waals surface area contributed by atoms with Crippen LogP contribution in [0.5, 0.6) is 0 Å². The van der Waals surface area contributed by atoms with Gasteiger partial charge in [0.1, 0.15) is 6.54 Å². The number of amides is 1. The van der Waals surface area contributed by atoms with E-state index in [4.69, 9.17) is 0 Å². The van der Waals surface area contributed by atoms with Gasteiger partial charge in [-0.05, 0) is 43.1 Å². The van der Waals surface area contributed by atoms with Crippen molar-refractivity contribution in [1.82, 2.24) is 20.0 Å². The van der Waals surface area contributed by atoms with Gasteiger partial charge in [0.15, 0.2) is 0 Å². The number of rotatable bonds is 6. The molecule has 1 amide bonds. The van der Waals surface area contributed by atoms with E-state index >= 15 is 0 Å². The number of fused-ring (bicyclic) bond motifs is 1. The molecule has 0 aliphatic carbocycles. The molecule has 144 valence electrons. The van der Waals surface area contributed by atoms with Crippen LogP contribution in [0.2, 0.25) is 0 Å². The van der Waals surface area contributed by atoms with E-state index in [2.05, 4.69) is 27.4 Å². The number of likely N-dealkylation sites (tertiary alicyclic amines) is 1. The molecule has 1 fully saturated rings. The van der Waals surface area contributed by atoms with Gasteiger partial charge in [0.2, 0.25) is 5.91 Å². The van der Waals surface area contributed by atoms with Crippen molar-refractivity contribution in [3.05, 3.63) is 76.2 Å². The summed E-state index contributed by atoms with van der Waals surface area (Å²) in [5.74, 6) is -0.231. The molecule has 0 atom stereocenters. The zero-order valence-electron chi connectivity index (χ0n) is 15.8. The van der Waals surface area contributed by atoms with Crippen molar-refractivity contribution in [2.24, 2.45) is 0 Å². The van der Waals surface area contributed by atoms with Gasteiger partial charge in [-0.3, -0.25) is 14.5 Å². The summed E-state index contributed by atoms with van der Waals surface area (Å²) in [7, 11) is 0. The first-order valence-electron chi connectivity index (χ1n) is 9.71. The van der Waals surface area contributed by atoms with Crippen LogP contribution in [0.4, 0.5) is 0 Å². The molecular weight excluding hydrogens is 352 g/mol. The lowest BCUT2D eigenvalue weighted by atomic mass is 10.1. The van der Waals surface area contributed by atoms with Crippen molar-refractivity contribution in [3.63, 3.8) is 0 Å². The molecule has 28 heavy (non-hydrogen) atoms. The number of nitrogens with zero attached hydrogens (tertiary/aromatic N) is 3. The molecule has 6 nitrogen and oxygen atoms in total. The fourth-order valence-electron chi connectivity index (χ4n) is 3.59. The van der Waals surface area contributed by atoms with Crippen molar-refractivity contribution in [2.45, 2.75) is 32.5 Å². The minimum Gasteiger partial charge on any atom is -0.350 e. The quantitative estimate of drug-likeness (QED) is 0.717. The highest BCUT2D eigenvalue weighted by Crippen LogP contribution is 2.13. The standard InChI is InChI=1S/C22H24N4O2/c27-21(16-26-22(28)20-6-2-1-5-19(20)14-24-26)23-13-17-7-9-18(10-8-17)15-25-11-3-4-12-25/h1-2,5-10,14H,3-4,11-13,15-16H2,(H,23,27). The van der Waals surface area contributed by atoms with E-state index in [0.29, 0.717) is 11.9 Å². The Labute approximate surface area is 163 Å². The maximum absolute atomic E-state index is 12.4. The van der Waals surface area contributed by atoms with Crippen LogP contribution in [0.3, 0.4) is 0 Å². The Morgan fingerprint density at radius 3 is 2.50 bits per heavy atom. The summed E-state index contributed by atoms with van der Waals surface area (Å²) < 4.78 is 1.21. The molecule has 1 saturated heterocycles. The molecule has 3 aromatic rings. The summed E-state index contributed by atoms with van der Waals surface area (Å²) in [6.07, 6.45) is 4.20. The van der Waals surface area contributed by atoms with E-state index in [1.165, 1.54) is 36.2 Å². The number of aromatic nitrogens is 2. The molecule has 0 bridgehead atoms. The topological polar surface area (TPSA) is 67.2 Å². The van der Waals surface area contributed by atoms with Crippen molar-refractivity contribution in [3.8, 4) is 0 Å². The number of carbonyl (C=O) groups excluding carboxylic acids is 1. The molecule has 2 aromatic carbocycles. The van der Waals surface area contributed by atoms with Crippen LogP contribution in [0.25, 0.3) is 10.8 Å². The second kappa shape index (κ2) is 8.35. The highest BCUT2D eigenvalue weighted by molar-refractivity contribution is 5.81. The van der Waals surface area contributed by atoms with Crippen LogP contribution < -0.4 is 10.9 Å². The van der Waals surface area contributed by atoms with Gasteiger partial charge < -0.3 is 5.32 Å². The second-order valence-electron chi connectivity index (χ2n) is 7.27. The van der Waals surface area contributed by atoms with Crippen molar-refractivity contribution < 1.29 is 4.79 Å². The number of benzene rings is 2. The summed E-state index contributed by atoms with van der Waals surface area (Å²) in [4.78, 5) is 27.2. The zero-order valence-corrected chi connectivity index (χ0v) is 15.8. The van der Waals surface area contributed by atoms with E-state index in [0.717, 1.165) is 17.5 Å². The predicted octanol–water partition coefficient (Wildman–Crippen LogP) is 2.31. The molecule has 2 heterocycles. The number of nitrogens with one attached hydrogen (secondary N) is 1. The molecule has 4 rings (SSSR count). The fourth-order valence-corrected chi connectivity index (χ4v) is 3.59. The Kier molecular flexibility index (Phi) is 5.48. The Balaban J connectivity index is 1.33. The third-order valence-corrected chi connectivity index (χ3v) is 5.17. The highest BCUT2D eigenvalue weighted by Gasteiger charge is 2.12. The Morgan fingerprint density at radius 2 is 1.71 bits per heavy atom. The van der Waals surface area contributed by atoms with Crippen LogP contribution in [0.15, 0.2) is 59.5 Å². The summed E-state index contributed by atoms with van der Waals surface area (Å²) in [6.45, 7) is 3.70. The van der Waals surface area contributed by atoms with Crippen molar-refractivity contribution in [2.75, 3.05) is 13.1 Å². The lowest BCUT2D eigenvalue weighted by molar-refractivity contribution is -0.122.